The minimum absolute atomic E-state index is 0.0291. The molecule has 3 N–H and O–H groups in total. The summed E-state index contributed by atoms with van der Waals surface area (Å²) in [5.41, 5.74) is 1.40. The summed E-state index contributed by atoms with van der Waals surface area (Å²) in [5.74, 6) is -0.415. The fourth-order valence-electron chi connectivity index (χ4n) is 4.69. The van der Waals surface area contributed by atoms with Crippen LogP contribution in [0.2, 0.25) is 0 Å². The number of aryl methyl sites for hydroxylation is 2. The van der Waals surface area contributed by atoms with Gasteiger partial charge in [-0.3, -0.25) is 19.2 Å². The number of benzene rings is 1. The summed E-state index contributed by atoms with van der Waals surface area (Å²) in [6.07, 6.45) is 5.00. The quantitative estimate of drug-likeness (QED) is 0.558. The highest BCUT2D eigenvalue weighted by Gasteiger charge is 2.42. The Bertz CT molecular complexity index is 993. The summed E-state index contributed by atoms with van der Waals surface area (Å²) >= 11 is 3.51. The lowest BCUT2D eigenvalue weighted by Crippen LogP contribution is -2.63. The maximum Gasteiger partial charge on any atom is 0.251 e. The van der Waals surface area contributed by atoms with Crippen molar-refractivity contribution in [3.05, 3.63) is 51.8 Å². The van der Waals surface area contributed by atoms with Crippen molar-refractivity contribution in [2.24, 2.45) is 7.05 Å². The van der Waals surface area contributed by atoms with Gasteiger partial charge in [-0.05, 0) is 60.7 Å². The van der Waals surface area contributed by atoms with Crippen LogP contribution < -0.4 is 10.6 Å². The van der Waals surface area contributed by atoms with Crippen molar-refractivity contribution in [3.63, 3.8) is 0 Å². The molecule has 2 fully saturated rings. The van der Waals surface area contributed by atoms with Gasteiger partial charge in [0.2, 0.25) is 5.91 Å². The van der Waals surface area contributed by atoms with Crippen LogP contribution in [0.5, 0.6) is 0 Å². The van der Waals surface area contributed by atoms with Crippen LogP contribution in [0.1, 0.15) is 47.3 Å². The van der Waals surface area contributed by atoms with E-state index < -0.39 is 5.60 Å². The number of aromatic nitrogens is 2. The van der Waals surface area contributed by atoms with Crippen LogP contribution >= 0.6 is 15.9 Å². The van der Waals surface area contributed by atoms with E-state index >= 15 is 0 Å². The third-order valence-electron chi connectivity index (χ3n) is 6.49. The smallest absolute Gasteiger partial charge is 0.251 e. The second-order valence-electron chi connectivity index (χ2n) is 9.03. The van der Waals surface area contributed by atoms with Gasteiger partial charge in [0, 0.05) is 37.9 Å². The first kappa shape index (κ1) is 22.9. The van der Waals surface area contributed by atoms with Crippen molar-refractivity contribution in [3.8, 4) is 0 Å². The number of nitrogens with zero attached hydrogens (tertiary/aromatic N) is 3. The van der Waals surface area contributed by atoms with Crippen molar-refractivity contribution in [2.75, 3.05) is 19.6 Å². The molecular formula is C23H30BrN5O3. The largest absolute Gasteiger partial charge is 0.383 e. The zero-order valence-corrected chi connectivity index (χ0v) is 20.1. The summed E-state index contributed by atoms with van der Waals surface area (Å²) in [4.78, 5) is 26.8. The van der Waals surface area contributed by atoms with E-state index in [1.54, 1.807) is 16.8 Å². The maximum absolute atomic E-state index is 12.2. The van der Waals surface area contributed by atoms with Gasteiger partial charge in [-0.15, -0.1) is 0 Å². The molecule has 1 aromatic heterocycles. The molecule has 8 nitrogen and oxygen atoms in total. The highest BCUT2D eigenvalue weighted by molar-refractivity contribution is 9.10. The van der Waals surface area contributed by atoms with Crippen molar-refractivity contribution >= 4 is 27.7 Å². The summed E-state index contributed by atoms with van der Waals surface area (Å²) in [6.45, 7) is 3.50. The van der Waals surface area contributed by atoms with Crippen LogP contribution in [0.15, 0.2) is 34.9 Å². The van der Waals surface area contributed by atoms with Gasteiger partial charge >= 0.3 is 0 Å². The molecule has 9 heteroatoms. The molecule has 1 aliphatic heterocycles. The number of rotatable bonds is 6. The third-order valence-corrected chi connectivity index (χ3v) is 7.07. The molecule has 2 aromatic rings. The molecule has 1 saturated carbocycles. The average Bonchev–Trinajstić information content (AvgIpc) is 3.08. The number of nitrogens with one attached hydrogen (secondary N) is 2. The SMILES string of the molecule is Cc1cccc(C(=O)NCC(=O)NC2CN([C@H]3CC[C@@](O)(c4nn(C)cc4Br)CC3)C2)c1. The summed E-state index contributed by atoms with van der Waals surface area (Å²) in [7, 11) is 1.85. The number of hydrogen-bond acceptors (Lipinski definition) is 5. The maximum atomic E-state index is 12.2. The van der Waals surface area contributed by atoms with Crippen LogP contribution in [0, 0.1) is 6.92 Å². The minimum atomic E-state index is -0.884. The molecule has 0 bridgehead atoms. The molecule has 2 aliphatic rings. The monoisotopic (exact) mass is 503 g/mol. The Hall–Kier alpha value is -2.23. The predicted molar refractivity (Wildman–Crippen MR) is 124 cm³/mol. The van der Waals surface area contributed by atoms with Crippen molar-refractivity contribution in [1.82, 2.24) is 25.3 Å². The topological polar surface area (TPSA) is 99.5 Å². The molecule has 2 amide bonds. The van der Waals surface area contributed by atoms with Crippen LogP contribution in [0.3, 0.4) is 0 Å². The summed E-state index contributed by atoms with van der Waals surface area (Å²) in [6, 6.07) is 7.80. The van der Waals surface area contributed by atoms with Crippen molar-refractivity contribution in [1.29, 1.82) is 0 Å². The van der Waals surface area contributed by atoms with Gasteiger partial charge in [0.1, 0.15) is 11.3 Å². The van der Waals surface area contributed by atoms with Crippen LogP contribution in [0.4, 0.5) is 0 Å². The molecule has 172 valence electrons. The molecular weight excluding hydrogens is 474 g/mol. The third kappa shape index (κ3) is 5.05. The first-order chi connectivity index (χ1) is 15.2. The lowest BCUT2D eigenvalue weighted by atomic mass is 9.79. The number of carbonyl (C=O) groups excluding carboxylic acids is 2. The fraction of sp³-hybridized carbons (Fsp3) is 0.522. The molecule has 0 atom stereocenters. The van der Waals surface area contributed by atoms with Crippen molar-refractivity contribution in [2.45, 2.75) is 50.3 Å². The first-order valence-electron chi connectivity index (χ1n) is 11.0. The van der Waals surface area contributed by atoms with Crippen LogP contribution in [0.25, 0.3) is 0 Å². The van der Waals surface area contributed by atoms with Gasteiger partial charge in [-0.1, -0.05) is 17.7 Å². The van der Waals surface area contributed by atoms with Crippen molar-refractivity contribution < 1.29 is 14.7 Å². The zero-order valence-electron chi connectivity index (χ0n) is 18.5. The molecule has 0 spiro atoms. The molecule has 32 heavy (non-hydrogen) atoms. The Balaban J connectivity index is 1.18. The number of carbonyl (C=O) groups is 2. The molecule has 0 radical (unpaired) electrons. The van der Waals surface area contributed by atoms with Gasteiger partial charge in [0.25, 0.3) is 5.91 Å². The predicted octanol–water partition coefficient (Wildman–Crippen LogP) is 1.85. The van der Waals surface area contributed by atoms with E-state index in [0.717, 1.165) is 41.7 Å². The number of hydrogen-bond donors (Lipinski definition) is 3. The summed E-state index contributed by atoms with van der Waals surface area (Å²) in [5, 5.41) is 21.2. The zero-order chi connectivity index (χ0) is 22.9. The normalized spacial score (nSPS) is 24.1. The van der Waals surface area contributed by atoms with E-state index in [1.165, 1.54) is 0 Å². The van der Waals surface area contributed by atoms with Gasteiger partial charge in [0.15, 0.2) is 0 Å². The molecule has 4 rings (SSSR count). The lowest BCUT2D eigenvalue weighted by molar-refractivity contribution is -0.122. The minimum Gasteiger partial charge on any atom is -0.383 e. The number of amides is 2. The Labute approximate surface area is 196 Å². The molecule has 0 unspecified atom stereocenters. The second-order valence-corrected chi connectivity index (χ2v) is 9.89. The highest BCUT2D eigenvalue weighted by Crippen LogP contribution is 2.41. The Morgan fingerprint density at radius 2 is 2.00 bits per heavy atom. The summed E-state index contributed by atoms with van der Waals surface area (Å²) < 4.78 is 2.57. The van der Waals surface area contributed by atoms with E-state index in [-0.39, 0.29) is 24.4 Å². The standard InChI is InChI=1S/C23H30BrN5O3/c1-15-4-3-5-16(10-15)22(31)25-11-20(30)26-17-12-29(13-17)18-6-8-23(32,9-7-18)21-19(24)14-28(2)27-21/h3-5,10,14,17-18,32H,6-9,11-13H2,1-2H3,(H,25,31)(H,26,30)/t18-,23-. The number of halogens is 1. The van der Waals surface area contributed by atoms with E-state index in [0.29, 0.717) is 24.4 Å². The first-order valence-corrected chi connectivity index (χ1v) is 11.8. The number of likely N-dealkylation sites (tertiary alicyclic amines) is 1. The van der Waals surface area contributed by atoms with E-state index in [9.17, 15) is 14.7 Å². The van der Waals surface area contributed by atoms with E-state index in [1.807, 2.05) is 32.3 Å². The van der Waals surface area contributed by atoms with E-state index in [4.69, 9.17) is 0 Å². The Kier molecular flexibility index (Phi) is 6.69. The van der Waals surface area contributed by atoms with Gasteiger partial charge in [0.05, 0.1) is 17.1 Å². The Morgan fingerprint density at radius 3 is 2.62 bits per heavy atom. The van der Waals surface area contributed by atoms with Gasteiger partial charge in [-0.2, -0.15) is 5.10 Å². The fourth-order valence-corrected chi connectivity index (χ4v) is 5.43. The van der Waals surface area contributed by atoms with Gasteiger partial charge < -0.3 is 15.7 Å². The molecule has 1 aliphatic carbocycles. The second kappa shape index (κ2) is 9.33. The molecule has 1 saturated heterocycles. The molecule has 1 aromatic carbocycles. The lowest BCUT2D eigenvalue weighted by Gasteiger charge is -2.48. The van der Waals surface area contributed by atoms with Gasteiger partial charge in [-0.25, -0.2) is 0 Å². The average molecular weight is 504 g/mol. The van der Waals surface area contributed by atoms with E-state index in [2.05, 4.69) is 36.6 Å². The molecule has 2 heterocycles. The van der Waals surface area contributed by atoms with Crippen LogP contribution in [-0.2, 0) is 17.4 Å². The Morgan fingerprint density at radius 1 is 1.28 bits per heavy atom. The van der Waals surface area contributed by atoms with Crippen LogP contribution in [-0.4, -0.2) is 63.3 Å². The number of aliphatic hydroxyl groups is 1. The highest BCUT2D eigenvalue weighted by atomic mass is 79.9.